The van der Waals surface area contributed by atoms with Gasteiger partial charge in [-0.2, -0.15) is 0 Å². The van der Waals surface area contributed by atoms with Gasteiger partial charge in [-0.15, -0.1) is 0 Å². The lowest BCUT2D eigenvalue weighted by atomic mass is 10.0. The van der Waals surface area contributed by atoms with Crippen molar-refractivity contribution in [3.63, 3.8) is 0 Å². The molecule has 0 bridgehead atoms. The predicted octanol–water partition coefficient (Wildman–Crippen LogP) is 4.02. The van der Waals surface area contributed by atoms with Crippen LogP contribution in [0.15, 0.2) is 59.3 Å². The molecule has 162 valence electrons. The Hall–Kier alpha value is -4.27. The smallest absolute Gasteiger partial charge is 0.243 e. The molecule has 0 saturated heterocycles. The molecule has 4 aromatic rings. The van der Waals surface area contributed by atoms with Crippen molar-refractivity contribution in [1.82, 2.24) is 15.1 Å². The van der Waals surface area contributed by atoms with E-state index in [4.69, 9.17) is 15.0 Å². The van der Waals surface area contributed by atoms with Crippen molar-refractivity contribution in [2.24, 2.45) is 0 Å². The number of anilines is 2. The fourth-order valence-electron chi connectivity index (χ4n) is 3.20. The maximum atomic E-state index is 13.8. The molecule has 0 aliphatic carbocycles. The second-order valence-corrected chi connectivity index (χ2v) is 7.08. The number of methoxy groups -OCH3 is 1. The summed E-state index contributed by atoms with van der Waals surface area (Å²) in [5.74, 6) is 0.511. The Morgan fingerprint density at radius 3 is 2.81 bits per heavy atom. The number of benzene rings is 2. The number of halogens is 1. The highest BCUT2D eigenvalue weighted by atomic mass is 19.1. The molecule has 0 spiro atoms. The summed E-state index contributed by atoms with van der Waals surface area (Å²) in [6.45, 7) is 1.65. The van der Waals surface area contributed by atoms with Crippen molar-refractivity contribution in [2.45, 2.75) is 13.3 Å². The minimum Gasteiger partial charge on any atom is -0.497 e. The van der Waals surface area contributed by atoms with Crippen LogP contribution in [0.5, 0.6) is 5.75 Å². The quantitative estimate of drug-likeness (QED) is 0.472. The number of amides is 1. The molecule has 0 atom stereocenters. The minimum absolute atomic E-state index is 0.0699. The minimum atomic E-state index is -0.342. The zero-order valence-corrected chi connectivity index (χ0v) is 17.4. The first-order valence-electron chi connectivity index (χ1n) is 9.72. The Bertz CT molecular complexity index is 1290. The molecule has 2 aromatic carbocycles. The van der Waals surface area contributed by atoms with Gasteiger partial charge < -0.3 is 15.0 Å². The zero-order chi connectivity index (χ0) is 22.7. The van der Waals surface area contributed by atoms with Crippen LogP contribution < -0.4 is 15.8 Å². The Morgan fingerprint density at radius 1 is 1.22 bits per heavy atom. The van der Waals surface area contributed by atoms with E-state index < -0.39 is 0 Å². The summed E-state index contributed by atoms with van der Waals surface area (Å²) in [5.41, 5.74) is 8.32. The van der Waals surface area contributed by atoms with Crippen molar-refractivity contribution >= 4 is 17.6 Å². The van der Waals surface area contributed by atoms with Crippen LogP contribution in [-0.2, 0) is 11.2 Å². The molecule has 0 aliphatic heterocycles. The molecule has 0 saturated carbocycles. The highest BCUT2D eigenvalue weighted by Crippen LogP contribution is 2.36. The largest absolute Gasteiger partial charge is 0.497 e. The Labute approximate surface area is 183 Å². The predicted molar refractivity (Wildman–Crippen MR) is 117 cm³/mol. The standard InChI is InChI=1S/C23H20FN5O3/c1-13-10-15(6-7-17(13)24)21-20(22-26-9-8-18(25)27-22)23(32-29-21)28-19(30)12-14-4-3-5-16(11-14)31-2/h3-11H,12H2,1-2H3,(H,28,30)(H2,25,26,27). The Kier molecular flexibility index (Phi) is 5.80. The van der Waals surface area contributed by atoms with Gasteiger partial charge in [-0.3, -0.25) is 10.1 Å². The number of hydrogen-bond acceptors (Lipinski definition) is 7. The van der Waals surface area contributed by atoms with Crippen LogP contribution in [0.4, 0.5) is 16.1 Å². The summed E-state index contributed by atoms with van der Waals surface area (Å²) < 4.78 is 24.4. The third-order valence-corrected chi connectivity index (χ3v) is 4.78. The van der Waals surface area contributed by atoms with E-state index in [0.29, 0.717) is 28.1 Å². The number of aromatic nitrogens is 3. The summed E-state index contributed by atoms with van der Waals surface area (Å²) in [4.78, 5) is 21.2. The normalized spacial score (nSPS) is 10.7. The molecule has 32 heavy (non-hydrogen) atoms. The lowest BCUT2D eigenvalue weighted by molar-refractivity contribution is -0.115. The van der Waals surface area contributed by atoms with Gasteiger partial charge >= 0.3 is 0 Å². The van der Waals surface area contributed by atoms with Gasteiger partial charge in [0.2, 0.25) is 11.8 Å². The number of nitrogen functional groups attached to an aromatic ring is 1. The molecule has 0 unspecified atom stereocenters. The van der Waals surface area contributed by atoms with Crippen LogP contribution in [0.1, 0.15) is 11.1 Å². The number of carbonyl (C=O) groups is 1. The average Bonchev–Trinajstić information content (AvgIpc) is 3.19. The summed E-state index contributed by atoms with van der Waals surface area (Å²) in [7, 11) is 1.56. The van der Waals surface area contributed by atoms with Crippen molar-refractivity contribution in [3.05, 3.63) is 71.7 Å². The number of nitrogens with two attached hydrogens (primary N) is 1. The lowest BCUT2D eigenvalue weighted by Gasteiger charge is -2.07. The van der Waals surface area contributed by atoms with Crippen molar-refractivity contribution < 1.29 is 18.4 Å². The van der Waals surface area contributed by atoms with Crippen molar-refractivity contribution in [1.29, 1.82) is 0 Å². The molecule has 4 rings (SSSR count). The number of ether oxygens (including phenoxy) is 1. The number of carbonyl (C=O) groups excluding carboxylic acids is 1. The van der Waals surface area contributed by atoms with E-state index in [2.05, 4.69) is 20.4 Å². The first-order chi connectivity index (χ1) is 15.4. The molecule has 0 fully saturated rings. The van der Waals surface area contributed by atoms with Crippen LogP contribution in [0.25, 0.3) is 22.6 Å². The van der Waals surface area contributed by atoms with Gasteiger partial charge in [-0.1, -0.05) is 17.3 Å². The molecule has 0 aliphatic rings. The molecule has 2 heterocycles. The molecular weight excluding hydrogens is 413 g/mol. The second-order valence-electron chi connectivity index (χ2n) is 7.08. The second kappa shape index (κ2) is 8.84. The van der Waals surface area contributed by atoms with Crippen LogP contribution in [0.3, 0.4) is 0 Å². The SMILES string of the molecule is COc1cccc(CC(=O)Nc2onc(-c3ccc(F)c(C)c3)c2-c2nccc(N)n2)c1. The van der Waals surface area contributed by atoms with Crippen LogP contribution >= 0.6 is 0 Å². The molecule has 0 radical (unpaired) electrons. The molecule has 1 amide bonds. The highest BCUT2D eigenvalue weighted by Gasteiger charge is 2.24. The molecule has 3 N–H and O–H groups in total. The number of aryl methyl sites for hydroxylation is 1. The van der Waals surface area contributed by atoms with E-state index >= 15 is 0 Å². The van der Waals surface area contributed by atoms with Gasteiger partial charge in [0.25, 0.3) is 0 Å². The Morgan fingerprint density at radius 2 is 2.06 bits per heavy atom. The maximum absolute atomic E-state index is 13.8. The molecule has 9 heteroatoms. The summed E-state index contributed by atoms with van der Waals surface area (Å²) in [5, 5.41) is 6.82. The van der Waals surface area contributed by atoms with Crippen LogP contribution in [0.2, 0.25) is 0 Å². The van der Waals surface area contributed by atoms with Gasteiger partial charge in [0.05, 0.1) is 13.5 Å². The van der Waals surface area contributed by atoms with Crippen LogP contribution in [-0.4, -0.2) is 28.1 Å². The zero-order valence-electron chi connectivity index (χ0n) is 17.4. The van der Waals surface area contributed by atoms with Gasteiger partial charge in [0.15, 0.2) is 5.82 Å². The summed E-state index contributed by atoms with van der Waals surface area (Å²) >= 11 is 0. The van der Waals surface area contributed by atoms with E-state index in [-0.39, 0.29) is 35.7 Å². The van der Waals surface area contributed by atoms with E-state index in [0.717, 1.165) is 5.56 Å². The molecular formula is C23H20FN5O3. The van der Waals surface area contributed by atoms with Gasteiger partial charge in [0, 0.05) is 11.8 Å². The third kappa shape index (κ3) is 4.41. The highest BCUT2D eigenvalue weighted by molar-refractivity contribution is 5.97. The third-order valence-electron chi connectivity index (χ3n) is 4.78. The van der Waals surface area contributed by atoms with Crippen molar-refractivity contribution in [2.75, 3.05) is 18.2 Å². The van der Waals surface area contributed by atoms with E-state index in [1.807, 2.05) is 6.07 Å². The van der Waals surface area contributed by atoms with Gasteiger partial charge in [0.1, 0.15) is 28.6 Å². The van der Waals surface area contributed by atoms with Crippen molar-refractivity contribution in [3.8, 4) is 28.4 Å². The first kappa shape index (κ1) is 21.0. The number of hydrogen-bond donors (Lipinski definition) is 2. The first-order valence-corrected chi connectivity index (χ1v) is 9.72. The fraction of sp³-hybridized carbons (Fsp3) is 0.130. The van der Waals surface area contributed by atoms with Gasteiger partial charge in [-0.05, 0) is 54.4 Å². The van der Waals surface area contributed by atoms with E-state index in [1.165, 1.54) is 12.3 Å². The average molecular weight is 433 g/mol. The van der Waals surface area contributed by atoms with E-state index in [1.54, 1.807) is 50.4 Å². The van der Waals surface area contributed by atoms with E-state index in [9.17, 15) is 9.18 Å². The number of nitrogens with one attached hydrogen (secondary N) is 1. The number of rotatable bonds is 6. The monoisotopic (exact) mass is 433 g/mol. The maximum Gasteiger partial charge on any atom is 0.243 e. The van der Waals surface area contributed by atoms with Gasteiger partial charge in [-0.25, -0.2) is 14.4 Å². The topological polar surface area (TPSA) is 116 Å². The fourth-order valence-corrected chi connectivity index (χ4v) is 3.20. The van der Waals surface area contributed by atoms with Crippen LogP contribution in [0, 0.1) is 12.7 Å². The lowest BCUT2D eigenvalue weighted by Crippen LogP contribution is -2.14. The summed E-state index contributed by atoms with van der Waals surface area (Å²) in [6.07, 6.45) is 1.58. The summed E-state index contributed by atoms with van der Waals surface area (Å²) in [6, 6.07) is 13.3. The Balaban J connectivity index is 1.71. The molecule has 8 nitrogen and oxygen atoms in total. The number of nitrogens with zero attached hydrogens (tertiary/aromatic N) is 3. The molecule has 2 aromatic heterocycles.